The monoisotopic (exact) mass is 312 g/mol. The Hall–Kier alpha value is -0.800. The average Bonchev–Trinajstić information content (AvgIpc) is 2.30. The van der Waals surface area contributed by atoms with Gasteiger partial charge in [-0.25, -0.2) is 0 Å². The van der Waals surface area contributed by atoms with Crippen LogP contribution < -0.4 is 5.32 Å². The van der Waals surface area contributed by atoms with E-state index in [1.165, 1.54) is 5.56 Å². The van der Waals surface area contributed by atoms with Crippen LogP contribution in [0.5, 0.6) is 0 Å². The number of hydrogen-bond donors (Lipinski definition) is 1. The fraction of sp³-hybridized carbons (Fsp3) is 0.308. The largest absolute Gasteiger partial charge is 0.384 e. The summed E-state index contributed by atoms with van der Waals surface area (Å²) >= 11 is 9.79. The van der Waals surface area contributed by atoms with Gasteiger partial charge in [0.25, 0.3) is 0 Å². The molecule has 2 rings (SSSR count). The number of nitrogens with one attached hydrogen (secondary N) is 1. The molecule has 0 atom stereocenters. The van der Waals surface area contributed by atoms with E-state index >= 15 is 0 Å². The van der Waals surface area contributed by atoms with Crippen LogP contribution in [0, 0.1) is 13.8 Å². The molecule has 17 heavy (non-hydrogen) atoms. The van der Waals surface area contributed by atoms with Crippen molar-refractivity contribution in [2.75, 3.05) is 11.9 Å². The predicted octanol–water partition coefficient (Wildman–Crippen LogP) is 4.70. The predicted molar refractivity (Wildman–Crippen MR) is 78.1 cm³/mol. The number of aromatic nitrogens is 1. The van der Waals surface area contributed by atoms with Crippen LogP contribution in [0.15, 0.2) is 16.6 Å². The minimum absolute atomic E-state index is 0.686. The third-order valence-corrected chi connectivity index (χ3v) is 3.84. The van der Waals surface area contributed by atoms with Gasteiger partial charge in [-0.2, -0.15) is 0 Å². The Morgan fingerprint density at radius 1 is 1.35 bits per heavy atom. The van der Waals surface area contributed by atoms with E-state index in [0.29, 0.717) is 5.02 Å². The van der Waals surface area contributed by atoms with Gasteiger partial charge in [0.15, 0.2) is 0 Å². The van der Waals surface area contributed by atoms with Crippen LogP contribution in [-0.2, 0) is 0 Å². The highest BCUT2D eigenvalue weighted by molar-refractivity contribution is 9.10. The van der Waals surface area contributed by atoms with Gasteiger partial charge in [-0.05, 0) is 38.5 Å². The first-order chi connectivity index (χ1) is 8.06. The molecule has 0 bridgehead atoms. The van der Waals surface area contributed by atoms with Crippen molar-refractivity contribution < 1.29 is 0 Å². The second-order valence-corrected chi connectivity index (χ2v) is 5.24. The van der Waals surface area contributed by atoms with Crippen molar-refractivity contribution in [2.24, 2.45) is 0 Å². The Morgan fingerprint density at radius 2 is 2.06 bits per heavy atom. The van der Waals surface area contributed by atoms with E-state index in [-0.39, 0.29) is 0 Å². The summed E-state index contributed by atoms with van der Waals surface area (Å²) in [6, 6.07) is 3.83. The van der Waals surface area contributed by atoms with Gasteiger partial charge in [0.1, 0.15) is 0 Å². The Morgan fingerprint density at radius 3 is 2.71 bits per heavy atom. The summed E-state index contributed by atoms with van der Waals surface area (Å²) in [6.45, 7) is 7.04. The number of anilines is 1. The van der Waals surface area contributed by atoms with Crippen LogP contribution >= 0.6 is 27.5 Å². The fourth-order valence-corrected chi connectivity index (χ4v) is 2.62. The van der Waals surface area contributed by atoms with Crippen molar-refractivity contribution in [1.29, 1.82) is 0 Å². The molecule has 2 aromatic rings. The van der Waals surface area contributed by atoms with E-state index in [1.807, 2.05) is 19.1 Å². The zero-order valence-corrected chi connectivity index (χ0v) is 12.4. The Labute approximate surface area is 115 Å². The number of fused-ring (bicyclic) bond motifs is 1. The first kappa shape index (κ1) is 12.7. The van der Waals surface area contributed by atoms with E-state index in [4.69, 9.17) is 11.6 Å². The smallest absolute Gasteiger partial charge is 0.0923 e. The molecule has 0 spiro atoms. The first-order valence-corrected chi connectivity index (χ1v) is 6.72. The minimum Gasteiger partial charge on any atom is -0.384 e. The molecule has 0 saturated carbocycles. The molecular formula is C13H14BrClN2. The van der Waals surface area contributed by atoms with Crippen LogP contribution in [-0.4, -0.2) is 11.5 Å². The van der Waals surface area contributed by atoms with E-state index in [1.54, 1.807) is 0 Å². The van der Waals surface area contributed by atoms with Crippen molar-refractivity contribution in [2.45, 2.75) is 20.8 Å². The zero-order chi connectivity index (χ0) is 12.6. The number of benzene rings is 1. The number of aryl methyl sites for hydroxylation is 1. The summed E-state index contributed by atoms with van der Waals surface area (Å²) < 4.78 is 1.02. The molecule has 1 aromatic heterocycles. The Balaban J connectivity index is 2.92. The summed E-state index contributed by atoms with van der Waals surface area (Å²) in [6.07, 6.45) is 0. The average molecular weight is 314 g/mol. The van der Waals surface area contributed by atoms with Crippen LogP contribution in [0.2, 0.25) is 5.02 Å². The molecule has 2 nitrogen and oxygen atoms in total. The van der Waals surface area contributed by atoms with Crippen molar-refractivity contribution in [3.63, 3.8) is 0 Å². The quantitative estimate of drug-likeness (QED) is 0.869. The van der Waals surface area contributed by atoms with Crippen LogP contribution in [0.1, 0.15) is 18.2 Å². The molecule has 90 valence electrons. The van der Waals surface area contributed by atoms with Crippen LogP contribution in [0.3, 0.4) is 0 Å². The van der Waals surface area contributed by atoms with E-state index in [2.05, 4.69) is 40.1 Å². The van der Waals surface area contributed by atoms with Gasteiger partial charge in [-0.15, -0.1) is 0 Å². The molecule has 0 unspecified atom stereocenters. The van der Waals surface area contributed by atoms with Crippen LogP contribution in [0.4, 0.5) is 5.69 Å². The second kappa shape index (κ2) is 4.83. The van der Waals surface area contributed by atoms with Gasteiger partial charge >= 0.3 is 0 Å². The first-order valence-electron chi connectivity index (χ1n) is 5.55. The second-order valence-electron chi connectivity index (χ2n) is 3.98. The van der Waals surface area contributed by atoms with E-state index < -0.39 is 0 Å². The van der Waals surface area contributed by atoms with Gasteiger partial charge in [0.2, 0.25) is 0 Å². The summed E-state index contributed by atoms with van der Waals surface area (Å²) in [5, 5.41) is 5.14. The summed E-state index contributed by atoms with van der Waals surface area (Å²) in [5.41, 5.74) is 4.14. The summed E-state index contributed by atoms with van der Waals surface area (Å²) in [4.78, 5) is 4.58. The van der Waals surface area contributed by atoms with Gasteiger partial charge in [0, 0.05) is 27.8 Å². The lowest BCUT2D eigenvalue weighted by atomic mass is 10.1. The molecule has 4 heteroatoms. The zero-order valence-electron chi connectivity index (χ0n) is 10.1. The molecular weight excluding hydrogens is 300 g/mol. The number of nitrogens with zero attached hydrogens (tertiary/aromatic N) is 1. The maximum Gasteiger partial charge on any atom is 0.0923 e. The highest BCUT2D eigenvalue weighted by Gasteiger charge is 2.13. The number of rotatable bonds is 2. The van der Waals surface area contributed by atoms with Crippen molar-refractivity contribution in [1.82, 2.24) is 4.98 Å². The topological polar surface area (TPSA) is 24.9 Å². The number of hydrogen-bond acceptors (Lipinski definition) is 2. The molecule has 0 radical (unpaired) electrons. The van der Waals surface area contributed by atoms with Crippen molar-refractivity contribution >= 4 is 44.1 Å². The maximum atomic E-state index is 6.21. The minimum atomic E-state index is 0.686. The highest BCUT2D eigenvalue weighted by Crippen LogP contribution is 2.36. The molecule has 0 saturated heterocycles. The van der Waals surface area contributed by atoms with Gasteiger partial charge in [0.05, 0.1) is 10.5 Å². The Kier molecular flexibility index (Phi) is 3.59. The lowest BCUT2D eigenvalue weighted by Crippen LogP contribution is -2.03. The molecule has 0 aliphatic carbocycles. The van der Waals surface area contributed by atoms with Gasteiger partial charge in [-0.3, -0.25) is 4.98 Å². The maximum absolute atomic E-state index is 6.21. The third-order valence-electron chi connectivity index (χ3n) is 2.88. The third kappa shape index (κ3) is 2.14. The molecule has 0 amide bonds. The fourth-order valence-electron chi connectivity index (χ4n) is 1.91. The van der Waals surface area contributed by atoms with Gasteiger partial charge < -0.3 is 5.32 Å². The lowest BCUT2D eigenvalue weighted by Gasteiger charge is -2.15. The Bertz CT molecular complexity index is 581. The molecule has 0 aliphatic heterocycles. The number of pyridine rings is 1. The SMILES string of the molecule is CCNc1c(C)c(C)nc2c(Cl)ccc(Br)c12. The molecule has 0 fully saturated rings. The highest BCUT2D eigenvalue weighted by atomic mass is 79.9. The summed E-state index contributed by atoms with van der Waals surface area (Å²) in [5.74, 6) is 0. The molecule has 0 aliphatic rings. The van der Waals surface area contributed by atoms with E-state index in [9.17, 15) is 0 Å². The lowest BCUT2D eigenvalue weighted by molar-refractivity contribution is 1.15. The number of halogens is 2. The normalized spacial score (nSPS) is 10.9. The standard InChI is InChI=1S/C13H14BrClN2/c1-4-16-12-7(2)8(3)17-13-10(15)6-5-9(14)11(12)13/h5-6H,4H2,1-3H3,(H,16,17). The van der Waals surface area contributed by atoms with Gasteiger partial charge in [-0.1, -0.05) is 27.5 Å². The van der Waals surface area contributed by atoms with Crippen molar-refractivity contribution in [3.05, 3.63) is 32.9 Å². The summed E-state index contributed by atoms with van der Waals surface area (Å²) in [7, 11) is 0. The van der Waals surface area contributed by atoms with Crippen LogP contribution in [0.25, 0.3) is 10.9 Å². The molecule has 1 heterocycles. The molecule has 1 N–H and O–H groups in total. The van der Waals surface area contributed by atoms with Crippen molar-refractivity contribution in [3.8, 4) is 0 Å². The molecule has 1 aromatic carbocycles. The van der Waals surface area contributed by atoms with E-state index in [0.717, 1.165) is 33.3 Å².